The third-order valence-corrected chi connectivity index (χ3v) is 5.28. The first-order chi connectivity index (χ1) is 13.2. The monoisotopic (exact) mass is 358 g/mol. The van der Waals surface area contributed by atoms with E-state index in [1.165, 1.54) is 16.7 Å². The molecule has 138 valence electrons. The van der Waals surface area contributed by atoms with E-state index in [2.05, 4.69) is 83.5 Å². The molecule has 0 unspecified atom stereocenters. The zero-order valence-corrected chi connectivity index (χ0v) is 15.8. The topological polar surface area (TPSA) is 26.7 Å². The van der Waals surface area contributed by atoms with Crippen LogP contribution in [-0.4, -0.2) is 28.0 Å². The van der Waals surface area contributed by atoms with E-state index in [1.54, 1.807) is 0 Å². The largest absolute Gasteiger partial charge is 0.508 e. The maximum atomic E-state index is 10.6. The molecule has 0 bridgehead atoms. The Morgan fingerprint density at radius 2 is 1.30 bits per heavy atom. The Morgan fingerprint density at radius 3 is 1.81 bits per heavy atom. The number of benzene rings is 3. The van der Waals surface area contributed by atoms with Gasteiger partial charge in [0.25, 0.3) is 0 Å². The molecule has 27 heavy (non-hydrogen) atoms. The highest BCUT2D eigenvalue weighted by atomic mass is 16.3. The van der Waals surface area contributed by atoms with Crippen LogP contribution < -0.4 is 0 Å². The summed E-state index contributed by atoms with van der Waals surface area (Å²) in [6, 6.07) is 27.1. The predicted molar refractivity (Wildman–Crippen MR) is 109 cm³/mol. The number of nitrogens with zero attached hydrogens (tertiary/aromatic N) is 2. The van der Waals surface area contributed by atoms with Crippen molar-refractivity contribution in [1.82, 2.24) is 9.80 Å². The number of phenolic OH excluding ortho intramolecular Hbond substituents is 1. The summed E-state index contributed by atoms with van der Waals surface area (Å²) < 4.78 is 0. The number of hydrogen-bond donors (Lipinski definition) is 1. The zero-order valence-electron chi connectivity index (χ0n) is 15.8. The van der Waals surface area contributed by atoms with Crippen LogP contribution in [0.4, 0.5) is 0 Å². The molecule has 3 heteroatoms. The van der Waals surface area contributed by atoms with Crippen molar-refractivity contribution in [2.24, 2.45) is 0 Å². The smallest absolute Gasteiger partial charge is 0.121 e. The summed E-state index contributed by atoms with van der Waals surface area (Å²) in [5.74, 6) is 0.378. The van der Waals surface area contributed by atoms with Gasteiger partial charge in [0.15, 0.2) is 0 Å². The lowest BCUT2D eigenvalue weighted by Gasteiger charge is -2.31. The Kier molecular flexibility index (Phi) is 5.23. The van der Waals surface area contributed by atoms with Gasteiger partial charge in [-0.05, 0) is 30.2 Å². The molecular formula is C24H26N2O. The van der Waals surface area contributed by atoms with Gasteiger partial charge in [-0.1, -0.05) is 72.3 Å². The second-order valence-electron chi connectivity index (χ2n) is 7.35. The third kappa shape index (κ3) is 4.05. The minimum absolute atomic E-state index is 0.0744. The van der Waals surface area contributed by atoms with Gasteiger partial charge >= 0.3 is 0 Å². The lowest BCUT2D eigenvalue weighted by molar-refractivity contribution is 0.123. The van der Waals surface area contributed by atoms with E-state index in [4.69, 9.17) is 0 Å². The minimum atomic E-state index is 0.0744. The molecule has 1 N–H and O–H groups in total. The van der Waals surface area contributed by atoms with Crippen molar-refractivity contribution in [3.05, 3.63) is 101 Å². The van der Waals surface area contributed by atoms with Crippen LogP contribution in [0.1, 0.15) is 28.4 Å². The van der Waals surface area contributed by atoms with E-state index in [9.17, 15) is 5.11 Å². The lowest BCUT2D eigenvalue weighted by Crippen LogP contribution is -2.30. The predicted octanol–water partition coefficient (Wildman–Crippen LogP) is 4.72. The Balaban J connectivity index is 1.66. The minimum Gasteiger partial charge on any atom is -0.508 e. The highest BCUT2D eigenvalue weighted by Crippen LogP contribution is 2.37. The lowest BCUT2D eigenvalue weighted by atomic mass is 10.1. The molecule has 0 aromatic heterocycles. The molecule has 0 aliphatic carbocycles. The van der Waals surface area contributed by atoms with Crippen LogP contribution in [0.15, 0.2) is 78.9 Å². The first-order valence-electron chi connectivity index (χ1n) is 9.56. The molecule has 4 rings (SSSR count). The van der Waals surface area contributed by atoms with Crippen molar-refractivity contribution in [2.45, 2.75) is 26.2 Å². The molecule has 1 saturated heterocycles. The van der Waals surface area contributed by atoms with Crippen LogP contribution in [0.5, 0.6) is 5.75 Å². The van der Waals surface area contributed by atoms with Gasteiger partial charge < -0.3 is 5.11 Å². The summed E-state index contributed by atoms with van der Waals surface area (Å²) >= 11 is 0. The van der Waals surface area contributed by atoms with Gasteiger partial charge in [-0.15, -0.1) is 0 Å². The summed E-state index contributed by atoms with van der Waals surface area (Å²) in [7, 11) is 0. The molecule has 3 nitrogen and oxygen atoms in total. The molecule has 0 spiro atoms. The van der Waals surface area contributed by atoms with Crippen molar-refractivity contribution in [3.8, 4) is 5.75 Å². The fraction of sp³-hybridized carbons (Fsp3) is 0.250. The molecule has 3 aromatic rings. The van der Waals surface area contributed by atoms with Crippen molar-refractivity contribution in [2.75, 3.05) is 13.1 Å². The Hall–Kier alpha value is -2.62. The van der Waals surface area contributed by atoms with Crippen LogP contribution in [-0.2, 0) is 13.1 Å². The number of rotatable bonds is 5. The summed E-state index contributed by atoms with van der Waals surface area (Å²) in [6.45, 7) is 5.81. The Morgan fingerprint density at radius 1 is 0.778 bits per heavy atom. The van der Waals surface area contributed by atoms with Gasteiger partial charge in [0.05, 0.1) is 6.17 Å². The fourth-order valence-electron chi connectivity index (χ4n) is 3.97. The van der Waals surface area contributed by atoms with E-state index in [0.717, 1.165) is 31.7 Å². The Bertz CT molecular complexity index is 830. The normalized spacial score (nSPS) is 16.0. The fourth-order valence-corrected chi connectivity index (χ4v) is 3.97. The highest BCUT2D eigenvalue weighted by molar-refractivity contribution is 5.38. The number of aryl methyl sites for hydroxylation is 1. The van der Waals surface area contributed by atoms with Gasteiger partial charge in [0.1, 0.15) is 5.75 Å². The van der Waals surface area contributed by atoms with Crippen LogP contribution in [0.25, 0.3) is 0 Å². The van der Waals surface area contributed by atoms with Crippen molar-refractivity contribution >= 4 is 0 Å². The van der Waals surface area contributed by atoms with Crippen molar-refractivity contribution in [1.29, 1.82) is 0 Å². The van der Waals surface area contributed by atoms with Crippen LogP contribution in [0, 0.1) is 6.92 Å². The standard InChI is InChI=1S/C24H26N2O/c1-19-12-13-23(27)22(16-19)24-25(17-20-8-4-2-5-9-20)14-15-26(24)18-21-10-6-3-7-11-21/h2-13,16,24,27H,14-15,17-18H2,1H3. The van der Waals surface area contributed by atoms with Crippen LogP contribution in [0.2, 0.25) is 0 Å². The third-order valence-electron chi connectivity index (χ3n) is 5.28. The van der Waals surface area contributed by atoms with Crippen molar-refractivity contribution in [3.63, 3.8) is 0 Å². The summed E-state index contributed by atoms with van der Waals surface area (Å²) in [4.78, 5) is 4.93. The Labute approximate surface area is 161 Å². The van der Waals surface area contributed by atoms with Gasteiger partial charge in [-0.25, -0.2) is 0 Å². The second-order valence-corrected chi connectivity index (χ2v) is 7.35. The molecule has 1 aliphatic heterocycles. The van der Waals surface area contributed by atoms with Crippen LogP contribution in [0.3, 0.4) is 0 Å². The van der Waals surface area contributed by atoms with Gasteiger partial charge in [0, 0.05) is 31.7 Å². The molecule has 0 atom stereocenters. The van der Waals surface area contributed by atoms with E-state index in [1.807, 2.05) is 12.1 Å². The zero-order chi connectivity index (χ0) is 18.6. The number of hydrogen-bond acceptors (Lipinski definition) is 3. The second kappa shape index (κ2) is 7.95. The van der Waals surface area contributed by atoms with Crippen molar-refractivity contribution < 1.29 is 5.11 Å². The molecule has 3 aromatic carbocycles. The summed E-state index contributed by atoms with van der Waals surface area (Å²) in [5.41, 5.74) is 4.78. The van der Waals surface area contributed by atoms with Gasteiger partial charge in [-0.3, -0.25) is 9.80 Å². The highest BCUT2D eigenvalue weighted by Gasteiger charge is 2.34. The maximum Gasteiger partial charge on any atom is 0.121 e. The average Bonchev–Trinajstić information content (AvgIpc) is 3.07. The molecule has 0 saturated carbocycles. The summed E-state index contributed by atoms with van der Waals surface area (Å²) in [5, 5.41) is 10.6. The molecule has 0 radical (unpaired) electrons. The van der Waals surface area contributed by atoms with E-state index in [0.29, 0.717) is 5.75 Å². The molecule has 1 aliphatic rings. The molecule has 1 fully saturated rings. The molecule has 0 amide bonds. The van der Waals surface area contributed by atoms with E-state index >= 15 is 0 Å². The van der Waals surface area contributed by atoms with Gasteiger partial charge in [0.2, 0.25) is 0 Å². The quantitative estimate of drug-likeness (QED) is 0.715. The van der Waals surface area contributed by atoms with E-state index in [-0.39, 0.29) is 6.17 Å². The average molecular weight is 358 g/mol. The molecular weight excluding hydrogens is 332 g/mol. The maximum absolute atomic E-state index is 10.6. The molecule has 1 heterocycles. The first kappa shape index (κ1) is 17.8. The first-order valence-corrected chi connectivity index (χ1v) is 9.56. The van der Waals surface area contributed by atoms with Crippen LogP contribution >= 0.6 is 0 Å². The number of aromatic hydroxyl groups is 1. The number of phenols is 1. The SMILES string of the molecule is Cc1ccc(O)c(C2N(Cc3ccccc3)CCN2Cc2ccccc2)c1. The van der Waals surface area contributed by atoms with Gasteiger partial charge in [-0.2, -0.15) is 0 Å². The van der Waals surface area contributed by atoms with E-state index < -0.39 is 0 Å². The summed E-state index contributed by atoms with van der Waals surface area (Å²) in [6.07, 6.45) is 0.0744.